The highest BCUT2D eigenvalue weighted by Gasteiger charge is 2.30. The molecule has 1 N–H and O–H groups in total. The van der Waals surface area contributed by atoms with Crippen LogP contribution in [0.25, 0.3) is 6.08 Å². The van der Waals surface area contributed by atoms with Gasteiger partial charge >= 0.3 is 0 Å². The average Bonchev–Trinajstić information content (AvgIpc) is 3.00. The summed E-state index contributed by atoms with van der Waals surface area (Å²) < 4.78 is 20.4. The van der Waals surface area contributed by atoms with Gasteiger partial charge in [0.1, 0.15) is 5.82 Å². The molecule has 4 aromatic rings. The molecule has 5 rings (SSSR count). The van der Waals surface area contributed by atoms with Crippen LogP contribution in [0.3, 0.4) is 0 Å². The lowest BCUT2D eigenvalue weighted by atomic mass is 10.1. The summed E-state index contributed by atoms with van der Waals surface area (Å²) in [5.41, 5.74) is 3.46. The van der Waals surface area contributed by atoms with E-state index >= 15 is 0 Å². The number of amides is 2. The van der Waals surface area contributed by atoms with Crippen LogP contribution in [0.15, 0.2) is 109 Å². The molecule has 0 atom stereocenters. The first kappa shape index (κ1) is 28.8. The lowest BCUT2D eigenvalue weighted by molar-refractivity contribution is -0.117. The van der Waals surface area contributed by atoms with Gasteiger partial charge in [-0.3, -0.25) is 19.4 Å². The molecular formula is C35H34FN3O3. The van der Waals surface area contributed by atoms with Gasteiger partial charge in [-0.15, -0.1) is 0 Å². The molecule has 4 aromatic carbocycles. The molecule has 0 saturated heterocycles. The zero-order valence-corrected chi connectivity index (χ0v) is 23.8. The number of anilines is 1. The second kappa shape index (κ2) is 13.3. The van der Waals surface area contributed by atoms with Crippen LogP contribution in [0, 0.1) is 5.82 Å². The molecule has 0 bridgehead atoms. The van der Waals surface area contributed by atoms with Gasteiger partial charge in [0.15, 0.2) is 11.5 Å². The Labute approximate surface area is 246 Å². The van der Waals surface area contributed by atoms with Crippen molar-refractivity contribution >= 4 is 23.6 Å². The monoisotopic (exact) mass is 563 g/mol. The molecule has 1 aliphatic rings. The zero-order chi connectivity index (χ0) is 29.5. The number of hydrogen-bond acceptors (Lipinski definition) is 4. The van der Waals surface area contributed by atoms with E-state index in [0.29, 0.717) is 40.7 Å². The Morgan fingerprint density at radius 1 is 0.929 bits per heavy atom. The number of carbonyl (C=O) groups is 2. The van der Waals surface area contributed by atoms with Crippen LogP contribution in [0.2, 0.25) is 0 Å². The molecule has 0 aromatic heterocycles. The summed E-state index contributed by atoms with van der Waals surface area (Å²) in [6.45, 7) is 6.44. The number of hydrogen-bond donors (Lipinski definition) is 1. The zero-order valence-electron chi connectivity index (χ0n) is 23.8. The number of nitrogens with one attached hydrogen (secondary N) is 1. The molecule has 0 aliphatic carbocycles. The smallest absolute Gasteiger partial charge is 0.294 e. The van der Waals surface area contributed by atoms with Crippen molar-refractivity contribution in [1.29, 1.82) is 0 Å². The van der Waals surface area contributed by atoms with E-state index in [4.69, 9.17) is 4.74 Å². The van der Waals surface area contributed by atoms with Crippen molar-refractivity contribution in [1.82, 2.24) is 10.2 Å². The van der Waals surface area contributed by atoms with Crippen LogP contribution in [0.1, 0.15) is 40.9 Å². The van der Waals surface area contributed by atoms with Crippen molar-refractivity contribution in [2.24, 2.45) is 0 Å². The number of carbonyl (C=O) groups excluding carboxylic acids is 2. The fourth-order valence-electron chi connectivity index (χ4n) is 4.85. The molecule has 0 radical (unpaired) electrons. The summed E-state index contributed by atoms with van der Waals surface area (Å²) in [5.74, 6) is -0.272. The van der Waals surface area contributed by atoms with Crippen molar-refractivity contribution in [3.05, 3.63) is 137 Å². The predicted molar refractivity (Wildman–Crippen MR) is 163 cm³/mol. The van der Waals surface area contributed by atoms with Crippen LogP contribution in [-0.4, -0.2) is 35.8 Å². The molecule has 1 aliphatic heterocycles. The molecule has 42 heavy (non-hydrogen) atoms. The maximum atomic E-state index is 14.4. The Hall–Kier alpha value is -4.75. The Balaban J connectivity index is 1.24. The number of rotatable bonds is 10. The van der Waals surface area contributed by atoms with Crippen molar-refractivity contribution in [3.8, 4) is 5.75 Å². The highest BCUT2D eigenvalue weighted by atomic mass is 19.1. The lowest BCUT2D eigenvalue weighted by Crippen LogP contribution is -2.38. The van der Waals surface area contributed by atoms with Gasteiger partial charge in [0.2, 0.25) is 0 Å². The van der Waals surface area contributed by atoms with Crippen LogP contribution in [0.4, 0.5) is 10.1 Å². The van der Waals surface area contributed by atoms with E-state index in [1.54, 1.807) is 60.7 Å². The molecule has 2 amide bonds. The van der Waals surface area contributed by atoms with E-state index in [-0.39, 0.29) is 29.9 Å². The van der Waals surface area contributed by atoms with Crippen molar-refractivity contribution < 1.29 is 18.7 Å². The summed E-state index contributed by atoms with van der Waals surface area (Å²) >= 11 is 0. The Morgan fingerprint density at radius 2 is 1.62 bits per heavy atom. The number of fused-ring (bicyclic) bond motifs is 1. The van der Waals surface area contributed by atoms with Crippen LogP contribution in [0.5, 0.6) is 5.75 Å². The quantitative estimate of drug-likeness (QED) is 0.226. The lowest BCUT2D eigenvalue weighted by Gasteiger charge is -2.30. The van der Waals surface area contributed by atoms with Crippen molar-refractivity contribution in [2.75, 3.05) is 18.0 Å². The maximum absolute atomic E-state index is 14.4. The third-order valence-corrected chi connectivity index (χ3v) is 7.23. The first-order valence-electron chi connectivity index (χ1n) is 14.1. The van der Waals surface area contributed by atoms with Gasteiger partial charge in [-0.2, -0.15) is 0 Å². The SMILES string of the molecule is CC(C)N(CCNC(=O)c1ccc(C=C2Oc3ccccc3N(Cc3ccccc3F)C2=O)cc1)Cc1ccccc1. The fraction of sp³-hybridized carbons (Fsp3) is 0.200. The van der Waals surface area contributed by atoms with Gasteiger partial charge < -0.3 is 10.1 Å². The van der Waals surface area contributed by atoms with Crippen molar-refractivity contribution in [3.63, 3.8) is 0 Å². The Morgan fingerprint density at radius 3 is 2.36 bits per heavy atom. The molecule has 0 spiro atoms. The van der Waals surface area contributed by atoms with Gasteiger partial charge in [-0.1, -0.05) is 72.8 Å². The number of benzene rings is 4. The molecule has 0 unspecified atom stereocenters. The van der Waals surface area contributed by atoms with Crippen LogP contribution >= 0.6 is 0 Å². The molecule has 6 nitrogen and oxygen atoms in total. The molecule has 1 heterocycles. The van der Waals surface area contributed by atoms with Gasteiger partial charge in [0, 0.05) is 36.8 Å². The minimum Gasteiger partial charge on any atom is -0.449 e. The van der Waals surface area contributed by atoms with Gasteiger partial charge in [0.05, 0.1) is 12.2 Å². The Bertz CT molecular complexity index is 1570. The van der Waals surface area contributed by atoms with Crippen LogP contribution < -0.4 is 15.0 Å². The van der Waals surface area contributed by atoms with E-state index in [1.165, 1.54) is 16.5 Å². The summed E-state index contributed by atoms with van der Waals surface area (Å²) in [4.78, 5) is 30.1. The standard InChI is InChI=1S/C35H34FN3O3/c1-25(2)38(23-27-10-4-3-5-11-27)21-20-37-34(40)28-18-16-26(17-19-28)22-33-35(41)39(24-29-12-6-7-13-30(29)36)31-14-8-9-15-32(31)42-33/h3-19,22,25H,20-21,23-24H2,1-2H3,(H,37,40). The second-order valence-electron chi connectivity index (χ2n) is 10.5. The molecule has 0 saturated carbocycles. The van der Waals surface area contributed by atoms with Crippen molar-refractivity contribution in [2.45, 2.75) is 33.0 Å². The largest absolute Gasteiger partial charge is 0.449 e. The molecular weight excluding hydrogens is 529 g/mol. The minimum absolute atomic E-state index is 0.0713. The topological polar surface area (TPSA) is 61.9 Å². The number of halogens is 1. The third kappa shape index (κ3) is 6.93. The highest BCUT2D eigenvalue weighted by molar-refractivity contribution is 6.09. The predicted octanol–water partition coefficient (Wildman–Crippen LogP) is 6.43. The Kier molecular flexibility index (Phi) is 9.09. The van der Waals surface area contributed by atoms with E-state index < -0.39 is 0 Å². The van der Waals surface area contributed by atoms with Crippen LogP contribution in [-0.2, 0) is 17.9 Å². The second-order valence-corrected chi connectivity index (χ2v) is 10.5. The molecule has 0 fully saturated rings. The highest BCUT2D eigenvalue weighted by Crippen LogP contribution is 2.36. The first-order valence-corrected chi connectivity index (χ1v) is 14.1. The first-order chi connectivity index (χ1) is 20.4. The fourth-order valence-corrected chi connectivity index (χ4v) is 4.85. The number of para-hydroxylation sites is 2. The average molecular weight is 564 g/mol. The van der Waals surface area contributed by atoms with Gasteiger partial charge in [-0.05, 0) is 61.4 Å². The van der Waals surface area contributed by atoms with Gasteiger partial charge in [-0.25, -0.2) is 4.39 Å². The molecule has 214 valence electrons. The van der Waals surface area contributed by atoms with Gasteiger partial charge in [0.25, 0.3) is 11.8 Å². The number of ether oxygens (including phenoxy) is 1. The maximum Gasteiger partial charge on any atom is 0.294 e. The van der Waals surface area contributed by atoms with E-state index in [1.807, 2.05) is 30.3 Å². The normalized spacial score (nSPS) is 13.8. The van der Waals surface area contributed by atoms with E-state index in [0.717, 1.165) is 13.1 Å². The summed E-state index contributed by atoms with van der Waals surface area (Å²) in [7, 11) is 0. The summed E-state index contributed by atoms with van der Waals surface area (Å²) in [5, 5.41) is 3.01. The third-order valence-electron chi connectivity index (χ3n) is 7.23. The summed E-state index contributed by atoms with van der Waals surface area (Å²) in [6.07, 6.45) is 1.64. The van der Waals surface area contributed by atoms with E-state index in [2.05, 4.69) is 36.2 Å². The summed E-state index contributed by atoms with van der Waals surface area (Å²) in [6, 6.07) is 31.2. The van der Waals surface area contributed by atoms with E-state index in [9.17, 15) is 14.0 Å². The number of nitrogens with zero attached hydrogens (tertiary/aromatic N) is 2. The minimum atomic E-state index is -0.373. The molecule has 7 heteroatoms.